The standard InChI is InChI=1S/C16H14FNO3/c1-21-15-10-11(6-8-14(15)19)7-9-16(20)18-13-5-3-2-4-12(13)17/h2-10,19H,1H3,(H,18,20)/b9-7+. The van der Waals surface area contributed by atoms with Crippen LogP contribution in [0.4, 0.5) is 10.1 Å². The minimum absolute atomic E-state index is 0.0189. The number of phenolic OH excluding ortho intramolecular Hbond substituents is 1. The molecule has 0 unspecified atom stereocenters. The van der Waals surface area contributed by atoms with Crippen LogP contribution in [0.2, 0.25) is 0 Å². The summed E-state index contributed by atoms with van der Waals surface area (Å²) in [6.07, 6.45) is 2.82. The van der Waals surface area contributed by atoms with Crippen molar-refractivity contribution < 1.29 is 19.0 Å². The number of hydrogen-bond acceptors (Lipinski definition) is 3. The largest absolute Gasteiger partial charge is 0.504 e. The highest BCUT2D eigenvalue weighted by atomic mass is 19.1. The molecule has 21 heavy (non-hydrogen) atoms. The van der Waals surface area contributed by atoms with E-state index in [1.807, 2.05) is 0 Å². The molecule has 0 spiro atoms. The van der Waals surface area contributed by atoms with Crippen molar-refractivity contribution in [1.29, 1.82) is 0 Å². The first-order valence-corrected chi connectivity index (χ1v) is 6.21. The summed E-state index contributed by atoms with van der Waals surface area (Å²) >= 11 is 0. The van der Waals surface area contributed by atoms with Gasteiger partial charge < -0.3 is 15.2 Å². The number of phenols is 1. The molecule has 0 aliphatic heterocycles. The third kappa shape index (κ3) is 3.82. The Morgan fingerprint density at radius 2 is 2.05 bits per heavy atom. The Morgan fingerprint density at radius 1 is 1.29 bits per heavy atom. The summed E-state index contributed by atoms with van der Waals surface area (Å²) in [6, 6.07) is 10.6. The molecule has 0 saturated heterocycles. The van der Waals surface area contributed by atoms with Gasteiger partial charge in [-0.05, 0) is 35.9 Å². The topological polar surface area (TPSA) is 58.6 Å². The van der Waals surface area contributed by atoms with Gasteiger partial charge >= 0.3 is 0 Å². The molecule has 0 aliphatic carbocycles. The summed E-state index contributed by atoms with van der Waals surface area (Å²) < 4.78 is 18.3. The monoisotopic (exact) mass is 287 g/mol. The molecule has 4 nitrogen and oxygen atoms in total. The van der Waals surface area contributed by atoms with Crippen LogP contribution in [0, 0.1) is 5.82 Å². The van der Waals surface area contributed by atoms with E-state index in [0.717, 1.165) is 0 Å². The van der Waals surface area contributed by atoms with Crippen LogP contribution in [0.25, 0.3) is 6.08 Å². The molecule has 2 rings (SSSR count). The molecule has 2 aromatic rings. The van der Waals surface area contributed by atoms with E-state index in [2.05, 4.69) is 5.32 Å². The number of para-hydroxylation sites is 1. The third-order valence-corrected chi connectivity index (χ3v) is 2.76. The molecular weight excluding hydrogens is 273 g/mol. The summed E-state index contributed by atoms with van der Waals surface area (Å²) in [5.74, 6) is -0.616. The van der Waals surface area contributed by atoms with Gasteiger partial charge in [-0.15, -0.1) is 0 Å². The van der Waals surface area contributed by atoms with Gasteiger partial charge in [0.05, 0.1) is 12.8 Å². The Bertz CT molecular complexity index is 683. The number of halogens is 1. The van der Waals surface area contributed by atoms with E-state index in [9.17, 15) is 14.3 Å². The highest BCUT2D eigenvalue weighted by molar-refractivity contribution is 6.02. The second-order valence-electron chi connectivity index (χ2n) is 4.23. The van der Waals surface area contributed by atoms with Crippen LogP contribution < -0.4 is 10.1 Å². The van der Waals surface area contributed by atoms with Gasteiger partial charge in [-0.2, -0.15) is 0 Å². The highest BCUT2D eigenvalue weighted by Crippen LogP contribution is 2.26. The van der Waals surface area contributed by atoms with Crippen molar-refractivity contribution in [3.8, 4) is 11.5 Å². The number of rotatable bonds is 4. The second-order valence-corrected chi connectivity index (χ2v) is 4.23. The van der Waals surface area contributed by atoms with Gasteiger partial charge in [0, 0.05) is 6.08 Å². The van der Waals surface area contributed by atoms with E-state index in [4.69, 9.17) is 4.74 Å². The Balaban J connectivity index is 2.07. The lowest BCUT2D eigenvalue weighted by molar-refractivity contribution is -0.111. The fourth-order valence-electron chi connectivity index (χ4n) is 1.71. The highest BCUT2D eigenvalue weighted by Gasteiger charge is 2.04. The van der Waals surface area contributed by atoms with E-state index < -0.39 is 11.7 Å². The molecule has 0 aliphatic rings. The number of aromatic hydroxyl groups is 1. The van der Waals surface area contributed by atoms with Crippen molar-refractivity contribution in [3.63, 3.8) is 0 Å². The number of carbonyl (C=O) groups is 1. The first-order valence-electron chi connectivity index (χ1n) is 6.21. The number of carbonyl (C=O) groups excluding carboxylic acids is 1. The van der Waals surface area contributed by atoms with Gasteiger partial charge in [0.1, 0.15) is 5.82 Å². The molecular formula is C16H14FNO3. The van der Waals surface area contributed by atoms with Crippen LogP contribution in [-0.2, 0) is 4.79 Å². The number of hydrogen-bond donors (Lipinski definition) is 2. The summed E-state index contributed by atoms with van der Waals surface area (Å²) in [4.78, 5) is 11.7. The number of ether oxygens (including phenoxy) is 1. The average Bonchev–Trinajstić information content (AvgIpc) is 2.49. The van der Waals surface area contributed by atoms with Gasteiger partial charge in [0.25, 0.3) is 0 Å². The Labute approximate surface area is 121 Å². The number of methoxy groups -OCH3 is 1. The maximum Gasteiger partial charge on any atom is 0.248 e. The lowest BCUT2D eigenvalue weighted by atomic mass is 10.2. The maximum atomic E-state index is 13.4. The van der Waals surface area contributed by atoms with E-state index >= 15 is 0 Å². The molecule has 2 N–H and O–H groups in total. The predicted octanol–water partition coefficient (Wildman–Crippen LogP) is 3.19. The molecule has 2 aromatic carbocycles. The van der Waals surface area contributed by atoms with Crippen molar-refractivity contribution in [2.45, 2.75) is 0 Å². The van der Waals surface area contributed by atoms with E-state index in [0.29, 0.717) is 11.3 Å². The molecule has 0 heterocycles. The summed E-state index contributed by atoms with van der Waals surface area (Å²) in [5, 5.41) is 11.9. The minimum Gasteiger partial charge on any atom is -0.504 e. The molecule has 0 bridgehead atoms. The quantitative estimate of drug-likeness (QED) is 0.849. The summed E-state index contributed by atoms with van der Waals surface area (Å²) in [5.41, 5.74) is 0.795. The normalized spacial score (nSPS) is 10.6. The molecule has 108 valence electrons. The number of anilines is 1. The Hall–Kier alpha value is -2.82. The van der Waals surface area contributed by atoms with Gasteiger partial charge in [-0.1, -0.05) is 18.2 Å². The SMILES string of the molecule is COc1cc(/C=C/C(=O)Nc2ccccc2F)ccc1O. The van der Waals surface area contributed by atoms with Crippen LogP contribution in [0.15, 0.2) is 48.5 Å². The Kier molecular flexibility index (Phi) is 4.56. The van der Waals surface area contributed by atoms with E-state index in [1.165, 1.54) is 37.5 Å². The first kappa shape index (κ1) is 14.6. The lowest BCUT2D eigenvalue weighted by Gasteiger charge is -2.04. The van der Waals surface area contributed by atoms with E-state index in [-0.39, 0.29) is 11.4 Å². The molecule has 0 atom stereocenters. The summed E-state index contributed by atoms with van der Waals surface area (Å²) in [7, 11) is 1.44. The molecule has 1 amide bonds. The van der Waals surface area contributed by atoms with Crippen molar-refractivity contribution >= 4 is 17.7 Å². The van der Waals surface area contributed by atoms with Crippen molar-refractivity contribution in [3.05, 3.63) is 59.9 Å². The lowest BCUT2D eigenvalue weighted by Crippen LogP contribution is -2.08. The zero-order valence-electron chi connectivity index (χ0n) is 11.3. The van der Waals surface area contributed by atoms with Crippen LogP contribution in [0.3, 0.4) is 0 Å². The number of amides is 1. The van der Waals surface area contributed by atoms with Crippen LogP contribution in [0.1, 0.15) is 5.56 Å². The zero-order valence-corrected chi connectivity index (χ0v) is 11.3. The maximum absolute atomic E-state index is 13.4. The fraction of sp³-hybridized carbons (Fsp3) is 0.0625. The van der Waals surface area contributed by atoms with Crippen LogP contribution >= 0.6 is 0 Å². The number of benzene rings is 2. The predicted molar refractivity (Wildman–Crippen MR) is 78.7 cm³/mol. The third-order valence-electron chi connectivity index (χ3n) is 2.76. The van der Waals surface area contributed by atoms with Gasteiger partial charge in [-0.3, -0.25) is 4.79 Å². The zero-order chi connectivity index (χ0) is 15.2. The van der Waals surface area contributed by atoms with Gasteiger partial charge in [0.2, 0.25) is 5.91 Å². The Morgan fingerprint density at radius 3 is 2.76 bits per heavy atom. The van der Waals surface area contributed by atoms with Gasteiger partial charge in [0.15, 0.2) is 11.5 Å². The van der Waals surface area contributed by atoms with Crippen LogP contribution in [0.5, 0.6) is 11.5 Å². The molecule has 0 radical (unpaired) electrons. The van der Waals surface area contributed by atoms with Crippen molar-refractivity contribution in [2.75, 3.05) is 12.4 Å². The number of nitrogens with one attached hydrogen (secondary N) is 1. The first-order chi connectivity index (χ1) is 10.1. The minimum atomic E-state index is -0.495. The van der Waals surface area contributed by atoms with Crippen LogP contribution in [-0.4, -0.2) is 18.1 Å². The van der Waals surface area contributed by atoms with E-state index in [1.54, 1.807) is 24.3 Å². The van der Waals surface area contributed by atoms with Gasteiger partial charge in [-0.25, -0.2) is 4.39 Å². The fourth-order valence-corrected chi connectivity index (χ4v) is 1.71. The molecule has 0 fully saturated rings. The molecule has 0 saturated carbocycles. The molecule has 0 aromatic heterocycles. The smallest absolute Gasteiger partial charge is 0.248 e. The summed E-state index contributed by atoms with van der Waals surface area (Å²) in [6.45, 7) is 0. The molecule has 5 heteroatoms. The van der Waals surface area contributed by atoms with Crippen molar-refractivity contribution in [1.82, 2.24) is 0 Å². The van der Waals surface area contributed by atoms with Crippen molar-refractivity contribution in [2.24, 2.45) is 0 Å². The average molecular weight is 287 g/mol. The second kappa shape index (κ2) is 6.56.